The van der Waals surface area contributed by atoms with Gasteiger partial charge < -0.3 is 14.6 Å². The average molecular weight is 290 g/mol. The van der Waals surface area contributed by atoms with E-state index < -0.39 is 11.5 Å². The van der Waals surface area contributed by atoms with E-state index in [2.05, 4.69) is 6.58 Å². The second-order valence-electron chi connectivity index (χ2n) is 5.43. The van der Waals surface area contributed by atoms with Crippen LogP contribution in [0.4, 0.5) is 0 Å². The number of aliphatic hydroxyl groups is 1. The highest BCUT2D eigenvalue weighted by molar-refractivity contribution is 5.78. The summed E-state index contributed by atoms with van der Waals surface area (Å²) in [5.41, 5.74) is -0.0913. The molecule has 21 heavy (non-hydrogen) atoms. The average Bonchev–Trinajstić information content (AvgIpc) is 3.02. The van der Waals surface area contributed by atoms with Gasteiger partial charge in [0.15, 0.2) is 0 Å². The van der Waals surface area contributed by atoms with E-state index in [0.29, 0.717) is 30.8 Å². The minimum absolute atomic E-state index is 0.320. The molecule has 0 radical (unpaired) electrons. The van der Waals surface area contributed by atoms with Crippen LogP contribution in [-0.4, -0.2) is 24.8 Å². The number of methoxy groups -OCH3 is 1. The molecule has 1 unspecified atom stereocenters. The van der Waals surface area contributed by atoms with Gasteiger partial charge in [0.2, 0.25) is 0 Å². The summed E-state index contributed by atoms with van der Waals surface area (Å²) in [6, 6.07) is 7.18. The molecule has 0 saturated heterocycles. The Kier molecular flexibility index (Phi) is 5.02. The molecular weight excluding hydrogens is 268 g/mol. The molecule has 1 aliphatic carbocycles. The van der Waals surface area contributed by atoms with Gasteiger partial charge in [0.05, 0.1) is 18.6 Å². The van der Waals surface area contributed by atoms with Gasteiger partial charge in [-0.25, -0.2) is 0 Å². The van der Waals surface area contributed by atoms with Crippen LogP contribution >= 0.6 is 0 Å². The molecule has 0 heterocycles. The third-order valence-electron chi connectivity index (χ3n) is 4.17. The van der Waals surface area contributed by atoms with Gasteiger partial charge in [-0.2, -0.15) is 0 Å². The van der Waals surface area contributed by atoms with Crippen LogP contribution in [0.15, 0.2) is 36.9 Å². The maximum atomic E-state index is 12.1. The molecule has 0 aromatic heterocycles. The summed E-state index contributed by atoms with van der Waals surface area (Å²) in [5, 5.41) is 10.7. The predicted octanol–water partition coefficient (Wildman–Crippen LogP) is 3.02. The summed E-state index contributed by atoms with van der Waals surface area (Å²) in [5.74, 6) is 0.392. The maximum absolute atomic E-state index is 12.1. The first kappa shape index (κ1) is 15.6. The van der Waals surface area contributed by atoms with Crippen molar-refractivity contribution < 1.29 is 19.4 Å². The van der Waals surface area contributed by atoms with Crippen LogP contribution in [0.3, 0.4) is 0 Å². The number of carbonyl (C=O) groups excluding carboxylic acids is 1. The number of hydrogen-bond donors (Lipinski definition) is 1. The van der Waals surface area contributed by atoms with Crippen molar-refractivity contribution in [1.29, 1.82) is 0 Å². The molecule has 1 aromatic rings. The van der Waals surface area contributed by atoms with Gasteiger partial charge in [-0.15, -0.1) is 0 Å². The van der Waals surface area contributed by atoms with E-state index >= 15 is 0 Å². The van der Waals surface area contributed by atoms with Crippen LogP contribution < -0.4 is 4.74 Å². The first-order valence-electron chi connectivity index (χ1n) is 7.24. The normalized spacial score (nSPS) is 18.0. The van der Waals surface area contributed by atoms with Gasteiger partial charge in [-0.1, -0.05) is 37.6 Å². The molecule has 1 atom stereocenters. The Hall–Kier alpha value is -1.81. The van der Waals surface area contributed by atoms with Crippen LogP contribution in [0.1, 0.15) is 37.4 Å². The summed E-state index contributed by atoms with van der Waals surface area (Å²) in [7, 11) is 1.38. The molecule has 114 valence electrons. The van der Waals surface area contributed by atoms with E-state index in [1.54, 1.807) is 30.3 Å². The zero-order valence-corrected chi connectivity index (χ0v) is 12.4. The minimum Gasteiger partial charge on any atom is -0.490 e. The molecule has 1 aromatic carbocycles. The first-order chi connectivity index (χ1) is 10.1. The van der Waals surface area contributed by atoms with Crippen LogP contribution in [0, 0.1) is 5.41 Å². The van der Waals surface area contributed by atoms with Gasteiger partial charge >= 0.3 is 5.97 Å². The standard InChI is InChI=1S/C17H22O4/c1-3-12-21-14-8-6-13(7-9-14)15(18)17(16(19)20-2)10-4-5-11-17/h3,6-9,15,18H,1,4-5,10-12H2,2H3. The van der Waals surface area contributed by atoms with E-state index in [1.165, 1.54) is 7.11 Å². The third-order valence-corrected chi connectivity index (χ3v) is 4.17. The van der Waals surface area contributed by atoms with Crippen LogP contribution in [0.5, 0.6) is 5.75 Å². The molecule has 0 amide bonds. The van der Waals surface area contributed by atoms with E-state index in [0.717, 1.165) is 12.8 Å². The Balaban J connectivity index is 2.19. The molecule has 1 fully saturated rings. The number of esters is 1. The molecule has 0 aliphatic heterocycles. The molecule has 1 aliphatic rings. The summed E-state index contributed by atoms with van der Waals surface area (Å²) in [6.45, 7) is 4.03. The Morgan fingerprint density at radius 3 is 2.52 bits per heavy atom. The highest BCUT2D eigenvalue weighted by Gasteiger charge is 2.48. The SMILES string of the molecule is C=CCOc1ccc(C(O)C2(C(=O)OC)CCCC2)cc1. The fourth-order valence-corrected chi connectivity index (χ4v) is 3.02. The van der Waals surface area contributed by atoms with Crippen molar-refractivity contribution in [3.63, 3.8) is 0 Å². The van der Waals surface area contributed by atoms with E-state index in [-0.39, 0.29) is 5.97 Å². The van der Waals surface area contributed by atoms with E-state index in [1.807, 2.05) is 0 Å². The highest BCUT2D eigenvalue weighted by atomic mass is 16.5. The molecular formula is C17H22O4. The largest absolute Gasteiger partial charge is 0.490 e. The lowest BCUT2D eigenvalue weighted by molar-refractivity contribution is -0.160. The van der Waals surface area contributed by atoms with Crippen molar-refractivity contribution in [3.05, 3.63) is 42.5 Å². The minimum atomic E-state index is -0.846. The smallest absolute Gasteiger partial charge is 0.314 e. The number of hydrogen-bond acceptors (Lipinski definition) is 4. The zero-order chi connectivity index (χ0) is 15.3. The van der Waals surface area contributed by atoms with Crippen LogP contribution in [0.25, 0.3) is 0 Å². The number of carbonyl (C=O) groups is 1. The van der Waals surface area contributed by atoms with E-state index in [9.17, 15) is 9.90 Å². The Labute approximate surface area is 125 Å². The topological polar surface area (TPSA) is 55.8 Å². The zero-order valence-electron chi connectivity index (χ0n) is 12.4. The molecule has 2 rings (SSSR count). The summed E-state index contributed by atoms with van der Waals surface area (Å²) in [4.78, 5) is 12.1. The maximum Gasteiger partial charge on any atom is 0.314 e. The van der Waals surface area contributed by atoms with Crippen molar-refractivity contribution in [2.75, 3.05) is 13.7 Å². The number of benzene rings is 1. The lowest BCUT2D eigenvalue weighted by Crippen LogP contribution is -2.35. The lowest BCUT2D eigenvalue weighted by Gasteiger charge is -2.31. The molecule has 1 N–H and O–H groups in total. The van der Waals surface area contributed by atoms with Crippen molar-refractivity contribution in [2.45, 2.75) is 31.8 Å². The fraction of sp³-hybridized carbons (Fsp3) is 0.471. The van der Waals surface area contributed by atoms with Gasteiger partial charge in [-0.05, 0) is 30.5 Å². The molecule has 1 saturated carbocycles. The second-order valence-corrected chi connectivity index (χ2v) is 5.43. The number of aliphatic hydroxyl groups excluding tert-OH is 1. The summed E-state index contributed by atoms with van der Waals surface area (Å²) < 4.78 is 10.3. The first-order valence-corrected chi connectivity index (χ1v) is 7.24. The Morgan fingerprint density at radius 1 is 1.38 bits per heavy atom. The van der Waals surface area contributed by atoms with Crippen LogP contribution in [-0.2, 0) is 9.53 Å². The second kappa shape index (κ2) is 6.76. The fourth-order valence-electron chi connectivity index (χ4n) is 3.02. The predicted molar refractivity (Wildman–Crippen MR) is 80.0 cm³/mol. The molecule has 4 heteroatoms. The molecule has 0 spiro atoms. The highest BCUT2D eigenvalue weighted by Crippen LogP contribution is 2.48. The Morgan fingerprint density at radius 2 is 2.00 bits per heavy atom. The van der Waals surface area contributed by atoms with Crippen molar-refractivity contribution in [2.24, 2.45) is 5.41 Å². The molecule has 4 nitrogen and oxygen atoms in total. The Bertz CT molecular complexity index is 486. The van der Waals surface area contributed by atoms with Crippen molar-refractivity contribution in [1.82, 2.24) is 0 Å². The summed E-state index contributed by atoms with van der Waals surface area (Å²) >= 11 is 0. The van der Waals surface area contributed by atoms with Gasteiger partial charge in [-0.3, -0.25) is 4.79 Å². The third kappa shape index (κ3) is 3.10. The lowest BCUT2D eigenvalue weighted by atomic mass is 9.77. The summed E-state index contributed by atoms with van der Waals surface area (Å²) in [6.07, 6.45) is 4.03. The van der Waals surface area contributed by atoms with Crippen molar-refractivity contribution in [3.8, 4) is 5.75 Å². The van der Waals surface area contributed by atoms with Gasteiger partial charge in [0.25, 0.3) is 0 Å². The van der Waals surface area contributed by atoms with Gasteiger partial charge in [0.1, 0.15) is 12.4 Å². The monoisotopic (exact) mass is 290 g/mol. The van der Waals surface area contributed by atoms with Gasteiger partial charge in [0, 0.05) is 0 Å². The quantitative estimate of drug-likeness (QED) is 0.646. The number of ether oxygens (including phenoxy) is 2. The van der Waals surface area contributed by atoms with E-state index in [4.69, 9.17) is 9.47 Å². The molecule has 0 bridgehead atoms. The number of rotatable bonds is 6. The van der Waals surface area contributed by atoms with Crippen LogP contribution in [0.2, 0.25) is 0 Å². The van der Waals surface area contributed by atoms with Crippen molar-refractivity contribution >= 4 is 5.97 Å².